The first kappa shape index (κ1) is 15.9. The van der Waals surface area contributed by atoms with Crippen molar-refractivity contribution in [1.82, 2.24) is 14.8 Å². The number of hydrogen-bond acceptors (Lipinski definition) is 4. The normalized spacial score (nSPS) is 11.1. The Morgan fingerprint density at radius 2 is 1.85 bits per heavy atom. The molecule has 0 aliphatic heterocycles. The number of rotatable bonds is 5. The second-order valence-electron chi connectivity index (χ2n) is 3.98. The molecule has 0 spiro atoms. The van der Waals surface area contributed by atoms with Gasteiger partial charge in [-0.05, 0) is 24.8 Å². The summed E-state index contributed by atoms with van der Waals surface area (Å²) in [6.45, 7) is 0.0868. The van der Waals surface area contributed by atoms with Crippen LogP contribution in [-0.4, -0.2) is 32.7 Å². The number of hydrogen-bond donors (Lipinski definition) is 1. The van der Waals surface area contributed by atoms with Crippen molar-refractivity contribution >= 4 is 46.6 Å². The zero-order chi connectivity index (χ0) is 14.7. The lowest BCUT2D eigenvalue weighted by Gasteiger charge is -2.13. The van der Waals surface area contributed by atoms with Gasteiger partial charge >= 0.3 is 0 Å². The molecule has 0 bridgehead atoms. The summed E-state index contributed by atoms with van der Waals surface area (Å²) in [4.78, 5) is 0. The molecule has 0 aliphatic rings. The minimum absolute atomic E-state index is 0.0868. The Morgan fingerprint density at radius 1 is 1.20 bits per heavy atom. The summed E-state index contributed by atoms with van der Waals surface area (Å²) in [7, 11) is 0. The smallest absolute Gasteiger partial charge is 0.195 e. The zero-order valence-electron chi connectivity index (χ0n) is 10.6. The van der Waals surface area contributed by atoms with Gasteiger partial charge in [-0.25, -0.2) is 0 Å². The molecule has 0 aliphatic carbocycles. The third-order valence-electron chi connectivity index (χ3n) is 2.65. The van der Waals surface area contributed by atoms with E-state index in [4.69, 9.17) is 39.9 Å². The molecule has 1 heterocycles. The highest BCUT2D eigenvalue weighted by Gasteiger charge is 2.18. The Kier molecular flexibility index (Phi) is 5.57. The first-order valence-corrected chi connectivity index (χ1v) is 8.18. The molecular weight excluding hydrogens is 341 g/mol. The van der Waals surface area contributed by atoms with Crippen LogP contribution in [0.3, 0.4) is 0 Å². The predicted octanol–water partition coefficient (Wildman–Crippen LogP) is 3.87. The Hall–Kier alpha value is -0.460. The summed E-state index contributed by atoms with van der Waals surface area (Å²) >= 11 is 19.9. The maximum atomic E-state index is 8.97. The number of halogens is 3. The van der Waals surface area contributed by atoms with Crippen molar-refractivity contribution in [3.05, 3.63) is 33.0 Å². The van der Waals surface area contributed by atoms with E-state index < -0.39 is 0 Å². The number of aryl methyl sites for hydroxylation is 1. The van der Waals surface area contributed by atoms with Gasteiger partial charge in [-0.2, -0.15) is 0 Å². The van der Waals surface area contributed by atoms with Gasteiger partial charge in [0.05, 0.1) is 15.7 Å². The Labute approximate surface area is 136 Å². The molecule has 108 valence electrons. The van der Waals surface area contributed by atoms with Crippen LogP contribution >= 0.6 is 46.6 Å². The van der Waals surface area contributed by atoms with Crippen LogP contribution in [0.5, 0.6) is 0 Å². The van der Waals surface area contributed by atoms with Crippen LogP contribution in [0.4, 0.5) is 0 Å². The summed E-state index contributed by atoms with van der Waals surface area (Å²) in [6, 6.07) is 3.26. The quantitative estimate of drug-likeness (QED) is 0.830. The number of benzene rings is 1. The zero-order valence-corrected chi connectivity index (χ0v) is 13.7. The summed E-state index contributed by atoms with van der Waals surface area (Å²) in [6.07, 6.45) is 3.07. The number of aromatic nitrogens is 3. The highest BCUT2D eigenvalue weighted by molar-refractivity contribution is 7.98. The highest BCUT2D eigenvalue weighted by Crippen LogP contribution is 2.35. The summed E-state index contributed by atoms with van der Waals surface area (Å²) < 4.78 is 1.81. The minimum Gasteiger partial charge on any atom is -0.396 e. The molecule has 4 nitrogen and oxygen atoms in total. The standard InChI is InChI=1S/C12H12Cl3N3OS/c1-20-12-17-16-10(3-2-4-19)18(12)11-8(14)5-7(13)6-9(11)15/h5-6,19H,2-4H2,1H3. The molecule has 0 fully saturated rings. The molecule has 1 N–H and O–H groups in total. The SMILES string of the molecule is CSc1nnc(CCCO)n1-c1c(Cl)cc(Cl)cc1Cl. The van der Waals surface area contributed by atoms with Crippen LogP contribution in [-0.2, 0) is 6.42 Å². The van der Waals surface area contributed by atoms with E-state index in [0.29, 0.717) is 44.6 Å². The number of thioether (sulfide) groups is 1. The molecule has 0 radical (unpaired) electrons. The fourth-order valence-corrected chi connectivity index (χ4v) is 3.29. The van der Waals surface area contributed by atoms with Crippen LogP contribution in [0.25, 0.3) is 5.69 Å². The van der Waals surface area contributed by atoms with E-state index in [-0.39, 0.29) is 6.61 Å². The molecule has 0 saturated carbocycles. The van der Waals surface area contributed by atoms with Crippen LogP contribution < -0.4 is 0 Å². The first-order valence-electron chi connectivity index (χ1n) is 5.82. The Bertz CT molecular complexity index is 595. The number of aliphatic hydroxyl groups is 1. The third kappa shape index (κ3) is 3.23. The lowest BCUT2D eigenvalue weighted by atomic mass is 10.2. The Morgan fingerprint density at radius 3 is 2.40 bits per heavy atom. The van der Waals surface area contributed by atoms with Crippen molar-refractivity contribution in [3.63, 3.8) is 0 Å². The predicted molar refractivity (Wildman–Crippen MR) is 83.6 cm³/mol. The average molecular weight is 353 g/mol. The second-order valence-corrected chi connectivity index (χ2v) is 6.01. The largest absolute Gasteiger partial charge is 0.396 e. The van der Waals surface area contributed by atoms with Gasteiger partial charge in [0.15, 0.2) is 5.16 Å². The van der Waals surface area contributed by atoms with Gasteiger partial charge in [-0.3, -0.25) is 4.57 Å². The minimum atomic E-state index is 0.0868. The van der Waals surface area contributed by atoms with Crippen LogP contribution in [0.2, 0.25) is 15.1 Å². The van der Waals surface area contributed by atoms with Gasteiger partial charge in [-0.1, -0.05) is 46.6 Å². The van der Waals surface area contributed by atoms with E-state index >= 15 is 0 Å². The van der Waals surface area contributed by atoms with Crippen LogP contribution in [0.1, 0.15) is 12.2 Å². The molecule has 0 saturated heterocycles. The lowest BCUT2D eigenvalue weighted by Crippen LogP contribution is -2.05. The summed E-state index contributed by atoms with van der Waals surface area (Å²) in [5, 5.41) is 19.2. The van der Waals surface area contributed by atoms with Crippen molar-refractivity contribution in [2.24, 2.45) is 0 Å². The topological polar surface area (TPSA) is 50.9 Å². The van der Waals surface area contributed by atoms with Crippen molar-refractivity contribution in [2.75, 3.05) is 12.9 Å². The van der Waals surface area contributed by atoms with E-state index in [1.165, 1.54) is 11.8 Å². The molecule has 2 aromatic rings. The average Bonchev–Trinajstić information content (AvgIpc) is 2.78. The lowest BCUT2D eigenvalue weighted by molar-refractivity contribution is 0.287. The van der Waals surface area contributed by atoms with Gasteiger partial charge in [0.2, 0.25) is 0 Å². The third-order valence-corrected chi connectivity index (χ3v) is 4.07. The highest BCUT2D eigenvalue weighted by atomic mass is 35.5. The molecule has 0 amide bonds. The maximum absolute atomic E-state index is 8.97. The van der Waals surface area contributed by atoms with E-state index in [0.717, 1.165) is 0 Å². The molecule has 0 atom stereocenters. The monoisotopic (exact) mass is 351 g/mol. The Balaban J connectivity index is 2.58. The second kappa shape index (κ2) is 7.00. The van der Waals surface area contributed by atoms with E-state index in [9.17, 15) is 0 Å². The molecule has 20 heavy (non-hydrogen) atoms. The van der Waals surface area contributed by atoms with Crippen LogP contribution in [0, 0.1) is 0 Å². The fourth-order valence-electron chi connectivity index (χ4n) is 1.80. The van der Waals surface area contributed by atoms with Gasteiger partial charge in [-0.15, -0.1) is 10.2 Å². The van der Waals surface area contributed by atoms with E-state index in [1.807, 2.05) is 6.26 Å². The molecule has 8 heteroatoms. The van der Waals surface area contributed by atoms with Gasteiger partial charge in [0.1, 0.15) is 5.82 Å². The van der Waals surface area contributed by atoms with Crippen molar-refractivity contribution in [3.8, 4) is 5.69 Å². The number of nitrogens with zero attached hydrogens (tertiary/aromatic N) is 3. The fraction of sp³-hybridized carbons (Fsp3) is 0.333. The van der Waals surface area contributed by atoms with Gasteiger partial charge in [0, 0.05) is 18.1 Å². The summed E-state index contributed by atoms with van der Waals surface area (Å²) in [5.41, 5.74) is 0.611. The van der Waals surface area contributed by atoms with Gasteiger partial charge < -0.3 is 5.11 Å². The van der Waals surface area contributed by atoms with Crippen molar-refractivity contribution in [2.45, 2.75) is 18.0 Å². The molecular formula is C12H12Cl3N3OS. The van der Waals surface area contributed by atoms with Crippen molar-refractivity contribution < 1.29 is 5.11 Å². The molecule has 0 unspecified atom stereocenters. The molecule has 1 aromatic carbocycles. The van der Waals surface area contributed by atoms with Gasteiger partial charge in [0.25, 0.3) is 0 Å². The number of aliphatic hydroxyl groups excluding tert-OH is 1. The molecule has 1 aromatic heterocycles. The van der Waals surface area contributed by atoms with Crippen molar-refractivity contribution in [1.29, 1.82) is 0 Å². The first-order chi connectivity index (χ1) is 9.58. The van der Waals surface area contributed by atoms with E-state index in [1.54, 1.807) is 16.7 Å². The maximum Gasteiger partial charge on any atom is 0.195 e. The summed E-state index contributed by atoms with van der Waals surface area (Å²) in [5.74, 6) is 0.703. The van der Waals surface area contributed by atoms with Crippen LogP contribution in [0.15, 0.2) is 17.3 Å². The molecule has 2 rings (SSSR count). The van der Waals surface area contributed by atoms with E-state index in [2.05, 4.69) is 10.2 Å².